The van der Waals surface area contributed by atoms with E-state index in [-0.39, 0.29) is 23.0 Å². The van der Waals surface area contributed by atoms with E-state index in [9.17, 15) is 4.79 Å². The standard InChI is InChI=1S/C8H9N3O4/c1-15-6-3-4(7(9)11-14)2-5(10-6)8(12)13/h2-3,14H,1H3,(H2,9,11)(H,12,13). The highest BCUT2D eigenvalue weighted by atomic mass is 16.5. The summed E-state index contributed by atoms with van der Waals surface area (Å²) in [7, 11) is 1.33. The number of carboxylic acids is 1. The molecule has 0 unspecified atom stereocenters. The van der Waals surface area contributed by atoms with E-state index in [4.69, 9.17) is 20.5 Å². The van der Waals surface area contributed by atoms with Crippen molar-refractivity contribution in [3.05, 3.63) is 23.4 Å². The van der Waals surface area contributed by atoms with Crippen molar-refractivity contribution < 1.29 is 19.8 Å². The number of methoxy groups -OCH3 is 1. The number of nitrogens with zero attached hydrogens (tertiary/aromatic N) is 1. The zero-order chi connectivity index (χ0) is 11.4. The molecule has 80 valence electrons. The first-order chi connectivity index (χ1) is 7.08. The fraction of sp³-hybridized carbons (Fsp3) is 0.125. The van der Waals surface area contributed by atoms with Gasteiger partial charge in [0.2, 0.25) is 5.88 Å². The maximum absolute atomic E-state index is 10.7. The van der Waals surface area contributed by atoms with E-state index in [1.807, 2.05) is 0 Å². The lowest BCUT2D eigenvalue weighted by Gasteiger charge is -2.05. The number of ether oxygens (including phenoxy) is 1. The van der Waals surface area contributed by atoms with E-state index in [2.05, 4.69) is 4.98 Å². The van der Waals surface area contributed by atoms with Crippen LogP contribution in [0.25, 0.3) is 0 Å². The largest absolute Gasteiger partial charge is 0.481 e. The number of aromatic carboxylic acids is 1. The lowest BCUT2D eigenvalue weighted by atomic mass is 10.2. The van der Waals surface area contributed by atoms with Gasteiger partial charge in [0.1, 0.15) is 5.84 Å². The number of nitrogens with one attached hydrogen (secondary N) is 2. The van der Waals surface area contributed by atoms with Crippen LogP contribution in [0.2, 0.25) is 0 Å². The number of hydroxylamine groups is 1. The Balaban J connectivity index is 3.23. The Morgan fingerprint density at radius 3 is 2.73 bits per heavy atom. The SMILES string of the molecule is COc1cc(C(=N)NO)cc(C(=O)O)n1. The Kier molecular flexibility index (Phi) is 3.19. The van der Waals surface area contributed by atoms with E-state index >= 15 is 0 Å². The first-order valence-corrected chi connectivity index (χ1v) is 3.87. The van der Waals surface area contributed by atoms with Gasteiger partial charge in [0.25, 0.3) is 0 Å². The summed E-state index contributed by atoms with van der Waals surface area (Å²) in [5.41, 5.74) is 1.51. The molecule has 0 aliphatic rings. The molecule has 15 heavy (non-hydrogen) atoms. The third kappa shape index (κ3) is 2.41. The Morgan fingerprint density at radius 2 is 2.27 bits per heavy atom. The second-order valence-electron chi connectivity index (χ2n) is 2.58. The van der Waals surface area contributed by atoms with Crippen LogP contribution in [0, 0.1) is 5.41 Å². The van der Waals surface area contributed by atoms with Crippen molar-refractivity contribution >= 4 is 11.8 Å². The van der Waals surface area contributed by atoms with E-state index in [1.165, 1.54) is 13.2 Å². The lowest BCUT2D eigenvalue weighted by Crippen LogP contribution is -2.19. The monoisotopic (exact) mass is 211 g/mol. The number of pyridine rings is 1. The average molecular weight is 211 g/mol. The van der Waals surface area contributed by atoms with Crippen LogP contribution in [-0.4, -0.2) is 34.2 Å². The van der Waals surface area contributed by atoms with E-state index in [1.54, 1.807) is 5.48 Å². The normalized spacial score (nSPS) is 9.47. The fourth-order valence-corrected chi connectivity index (χ4v) is 0.928. The molecule has 0 saturated carbocycles. The van der Waals surface area contributed by atoms with Gasteiger partial charge in [0.05, 0.1) is 7.11 Å². The Morgan fingerprint density at radius 1 is 1.60 bits per heavy atom. The third-order valence-electron chi connectivity index (χ3n) is 1.63. The second-order valence-corrected chi connectivity index (χ2v) is 2.58. The van der Waals surface area contributed by atoms with Crippen LogP contribution in [0.5, 0.6) is 5.88 Å². The molecule has 0 bridgehead atoms. The van der Waals surface area contributed by atoms with Crippen molar-refractivity contribution in [2.75, 3.05) is 7.11 Å². The highest BCUT2D eigenvalue weighted by Crippen LogP contribution is 2.12. The number of carboxylic acid groups (broad SMARTS) is 1. The maximum atomic E-state index is 10.7. The van der Waals surface area contributed by atoms with Crippen LogP contribution >= 0.6 is 0 Å². The van der Waals surface area contributed by atoms with Gasteiger partial charge in [0.15, 0.2) is 5.69 Å². The number of hydrogen-bond donors (Lipinski definition) is 4. The minimum Gasteiger partial charge on any atom is -0.481 e. The molecule has 1 rings (SSSR count). The summed E-state index contributed by atoms with van der Waals surface area (Å²) in [6.07, 6.45) is 0. The van der Waals surface area contributed by atoms with Crippen molar-refractivity contribution in [1.29, 1.82) is 5.41 Å². The molecule has 4 N–H and O–H groups in total. The van der Waals surface area contributed by atoms with Crippen molar-refractivity contribution in [3.8, 4) is 5.88 Å². The smallest absolute Gasteiger partial charge is 0.354 e. The first-order valence-electron chi connectivity index (χ1n) is 3.87. The number of hydrogen-bond acceptors (Lipinski definition) is 5. The lowest BCUT2D eigenvalue weighted by molar-refractivity contribution is 0.0689. The van der Waals surface area contributed by atoms with E-state index < -0.39 is 5.97 Å². The Hall–Kier alpha value is -2.15. The Labute approximate surface area is 84.8 Å². The van der Waals surface area contributed by atoms with E-state index in [0.717, 1.165) is 6.07 Å². The molecule has 0 aromatic carbocycles. The number of amidine groups is 1. The molecular formula is C8H9N3O4. The first kappa shape index (κ1) is 10.9. The maximum Gasteiger partial charge on any atom is 0.354 e. The van der Waals surface area contributed by atoms with Crippen molar-refractivity contribution in [2.45, 2.75) is 0 Å². The molecule has 0 amide bonds. The molecule has 0 atom stereocenters. The molecule has 0 aliphatic carbocycles. The summed E-state index contributed by atoms with van der Waals surface area (Å²) in [5, 5.41) is 24.5. The van der Waals surface area contributed by atoms with Crippen LogP contribution in [0.1, 0.15) is 16.1 Å². The van der Waals surface area contributed by atoms with Crippen LogP contribution in [0.15, 0.2) is 12.1 Å². The van der Waals surface area contributed by atoms with Crippen molar-refractivity contribution in [2.24, 2.45) is 0 Å². The fourth-order valence-electron chi connectivity index (χ4n) is 0.928. The summed E-state index contributed by atoms with van der Waals surface area (Å²) >= 11 is 0. The molecule has 0 fully saturated rings. The van der Waals surface area contributed by atoms with Gasteiger partial charge in [-0.05, 0) is 6.07 Å². The van der Waals surface area contributed by atoms with Gasteiger partial charge in [-0.3, -0.25) is 16.1 Å². The molecule has 0 aliphatic heterocycles. The molecular weight excluding hydrogens is 202 g/mol. The molecule has 1 aromatic rings. The molecule has 7 nitrogen and oxygen atoms in total. The van der Waals surface area contributed by atoms with Crippen LogP contribution in [0.4, 0.5) is 0 Å². The van der Waals surface area contributed by atoms with Gasteiger partial charge in [-0.2, -0.15) is 0 Å². The number of carbonyl (C=O) groups is 1. The van der Waals surface area contributed by atoms with Gasteiger partial charge < -0.3 is 9.84 Å². The van der Waals surface area contributed by atoms with Crippen molar-refractivity contribution in [1.82, 2.24) is 10.5 Å². The highest BCUT2D eigenvalue weighted by Gasteiger charge is 2.11. The summed E-state index contributed by atoms with van der Waals surface area (Å²) in [6, 6.07) is 2.48. The Bertz CT molecular complexity index is 405. The molecule has 0 spiro atoms. The van der Waals surface area contributed by atoms with Gasteiger partial charge in [-0.15, -0.1) is 0 Å². The minimum absolute atomic E-state index is 0.0601. The minimum atomic E-state index is -1.24. The van der Waals surface area contributed by atoms with Crippen LogP contribution < -0.4 is 10.2 Å². The van der Waals surface area contributed by atoms with Gasteiger partial charge >= 0.3 is 5.97 Å². The summed E-state index contributed by atoms with van der Waals surface area (Å²) in [6.45, 7) is 0. The molecule has 7 heteroatoms. The second kappa shape index (κ2) is 4.38. The summed E-state index contributed by atoms with van der Waals surface area (Å²) < 4.78 is 4.76. The van der Waals surface area contributed by atoms with Crippen molar-refractivity contribution in [3.63, 3.8) is 0 Å². The third-order valence-corrected chi connectivity index (χ3v) is 1.63. The highest BCUT2D eigenvalue weighted by molar-refractivity contribution is 5.98. The van der Waals surface area contributed by atoms with E-state index in [0.29, 0.717) is 0 Å². The number of aromatic nitrogens is 1. The topological polar surface area (TPSA) is 116 Å². The molecule has 0 radical (unpaired) electrons. The number of rotatable bonds is 3. The van der Waals surface area contributed by atoms with Gasteiger partial charge in [0, 0.05) is 11.6 Å². The molecule has 0 saturated heterocycles. The summed E-state index contributed by atoms with van der Waals surface area (Å²) in [5.74, 6) is -1.51. The summed E-state index contributed by atoms with van der Waals surface area (Å²) in [4.78, 5) is 14.3. The molecule has 1 heterocycles. The average Bonchev–Trinajstić information content (AvgIpc) is 2.27. The predicted molar refractivity (Wildman–Crippen MR) is 49.5 cm³/mol. The zero-order valence-electron chi connectivity index (χ0n) is 7.81. The van der Waals surface area contributed by atoms with Gasteiger partial charge in [-0.1, -0.05) is 0 Å². The quantitative estimate of drug-likeness (QED) is 0.320. The van der Waals surface area contributed by atoms with Gasteiger partial charge in [-0.25, -0.2) is 9.78 Å². The van der Waals surface area contributed by atoms with Crippen LogP contribution in [0.3, 0.4) is 0 Å². The molecule has 1 aromatic heterocycles. The zero-order valence-corrected chi connectivity index (χ0v) is 7.81. The predicted octanol–water partition coefficient (Wildman–Crippen LogP) is 0.0926. The van der Waals surface area contributed by atoms with Crippen LogP contribution in [-0.2, 0) is 0 Å².